The summed E-state index contributed by atoms with van der Waals surface area (Å²) in [5.41, 5.74) is 1.21. The average Bonchev–Trinajstić information content (AvgIpc) is 2.73. The molecular formula is C15H29N3. The van der Waals surface area contributed by atoms with Crippen LogP contribution in [0, 0.1) is 0 Å². The minimum Gasteiger partial charge on any atom is -0.311 e. The number of nitrogens with one attached hydrogen (secondary N) is 1. The summed E-state index contributed by atoms with van der Waals surface area (Å²) >= 11 is 0. The first-order valence-electron chi connectivity index (χ1n) is 7.33. The van der Waals surface area contributed by atoms with Crippen molar-refractivity contribution >= 4 is 0 Å². The summed E-state index contributed by atoms with van der Waals surface area (Å²) in [6.45, 7) is 11.0. The highest BCUT2D eigenvalue weighted by Crippen LogP contribution is 2.10. The minimum atomic E-state index is 0.450. The Balaban J connectivity index is 2.57. The second-order valence-corrected chi connectivity index (χ2v) is 5.75. The number of hydrogen-bond acceptors (Lipinski definition) is 2. The SMILES string of the molecule is CCCCC(Cc1ccn(C(C)C)n1)NC(C)C. The molecule has 0 amide bonds. The predicted molar refractivity (Wildman–Crippen MR) is 77.9 cm³/mol. The molecule has 104 valence electrons. The Morgan fingerprint density at radius 2 is 2.00 bits per heavy atom. The van der Waals surface area contributed by atoms with Gasteiger partial charge in [-0.3, -0.25) is 4.68 Å². The molecule has 0 radical (unpaired) electrons. The second kappa shape index (κ2) is 7.57. The zero-order valence-electron chi connectivity index (χ0n) is 12.6. The van der Waals surface area contributed by atoms with Crippen molar-refractivity contribution in [2.24, 2.45) is 0 Å². The Labute approximate surface area is 112 Å². The van der Waals surface area contributed by atoms with Gasteiger partial charge in [-0.25, -0.2) is 0 Å². The van der Waals surface area contributed by atoms with Crippen molar-refractivity contribution in [3.8, 4) is 0 Å². The molecule has 0 aliphatic heterocycles. The molecule has 0 saturated heterocycles. The van der Waals surface area contributed by atoms with Gasteiger partial charge < -0.3 is 5.32 Å². The summed E-state index contributed by atoms with van der Waals surface area (Å²) < 4.78 is 2.04. The van der Waals surface area contributed by atoms with E-state index in [1.165, 1.54) is 25.0 Å². The van der Waals surface area contributed by atoms with Gasteiger partial charge in [-0.05, 0) is 26.3 Å². The van der Waals surface area contributed by atoms with Crippen molar-refractivity contribution in [1.29, 1.82) is 0 Å². The molecule has 0 aromatic carbocycles. The first-order valence-corrected chi connectivity index (χ1v) is 7.33. The number of hydrogen-bond donors (Lipinski definition) is 1. The monoisotopic (exact) mass is 251 g/mol. The van der Waals surface area contributed by atoms with Crippen LogP contribution in [0.5, 0.6) is 0 Å². The Bertz CT molecular complexity index is 328. The van der Waals surface area contributed by atoms with E-state index in [-0.39, 0.29) is 0 Å². The molecule has 1 aromatic rings. The number of aromatic nitrogens is 2. The molecule has 1 rings (SSSR count). The van der Waals surface area contributed by atoms with Crippen LogP contribution in [0.4, 0.5) is 0 Å². The number of unbranched alkanes of at least 4 members (excludes halogenated alkanes) is 1. The van der Waals surface area contributed by atoms with Crippen LogP contribution in [-0.2, 0) is 6.42 Å². The molecule has 0 saturated carbocycles. The molecule has 1 unspecified atom stereocenters. The number of nitrogens with zero attached hydrogens (tertiary/aromatic N) is 2. The largest absolute Gasteiger partial charge is 0.311 e. The fourth-order valence-corrected chi connectivity index (χ4v) is 2.19. The topological polar surface area (TPSA) is 29.9 Å². The van der Waals surface area contributed by atoms with Gasteiger partial charge in [-0.2, -0.15) is 5.10 Å². The summed E-state index contributed by atoms with van der Waals surface area (Å²) in [5.74, 6) is 0. The van der Waals surface area contributed by atoms with Gasteiger partial charge in [-0.1, -0.05) is 33.6 Å². The van der Waals surface area contributed by atoms with Gasteiger partial charge in [0.2, 0.25) is 0 Å². The van der Waals surface area contributed by atoms with Crippen molar-refractivity contribution in [3.05, 3.63) is 18.0 Å². The van der Waals surface area contributed by atoms with Crippen LogP contribution < -0.4 is 5.32 Å². The van der Waals surface area contributed by atoms with Crippen molar-refractivity contribution in [1.82, 2.24) is 15.1 Å². The lowest BCUT2D eigenvalue weighted by Crippen LogP contribution is -2.36. The van der Waals surface area contributed by atoms with Crippen molar-refractivity contribution < 1.29 is 0 Å². The van der Waals surface area contributed by atoms with E-state index in [1.54, 1.807) is 0 Å². The molecule has 3 nitrogen and oxygen atoms in total. The maximum Gasteiger partial charge on any atom is 0.0640 e. The smallest absolute Gasteiger partial charge is 0.0640 e. The molecule has 1 heterocycles. The maximum absolute atomic E-state index is 4.64. The highest BCUT2D eigenvalue weighted by Gasteiger charge is 2.12. The summed E-state index contributed by atoms with van der Waals surface area (Å²) in [6, 6.07) is 3.70. The molecular weight excluding hydrogens is 222 g/mol. The van der Waals surface area contributed by atoms with Crippen LogP contribution in [-0.4, -0.2) is 21.9 Å². The van der Waals surface area contributed by atoms with Crippen molar-refractivity contribution in [2.75, 3.05) is 0 Å². The van der Waals surface area contributed by atoms with Crippen LogP contribution in [0.3, 0.4) is 0 Å². The summed E-state index contributed by atoms with van der Waals surface area (Å²) in [4.78, 5) is 0. The Kier molecular flexibility index (Phi) is 6.41. The molecule has 1 aromatic heterocycles. The second-order valence-electron chi connectivity index (χ2n) is 5.75. The van der Waals surface area contributed by atoms with E-state index in [1.807, 2.05) is 4.68 Å². The summed E-state index contributed by atoms with van der Waals surface area (Å²) in [5, 5.41) is 8.29. The molecule has 0 fully saturated rings. The fourth-order valence-electron chi connectivity index (χ4n) is 2.19. The molecule has 3 heteroatoms. The minimum absolute atomic E-state index is 0.450. The maximum atomic E-state index is 4.64. The van der Waals surface area contributed by atoms with Crippen LogP contribution in [0.1, 0.15) is 65.6 Å². The van der Waals surface area contributed by atoms with Crippen molar-refractivity contribution in [3.63, 3.8) is 0 Å². The summed E-state index contributed by atoms with van der Waals surface area (Å²) in [7, 11) is 0. The molecule has 18 heavy (non-hydrogen) atoms. The van der Waals surface area contributed by atoms with Gasteiger partial charge in [-0.15, -0.1) is 0 Å². The zero-order chi connectivity index (χ0) is 13.5. The van der Waals surface area contributed by atoms with Gasteiger partial charge in [0.05, 0.1) is 5.69 Å². The molecule has 0 bridgehead atoms. The van der Waals surface area contributed by atoms with Gasteiger partial charge >= 0.3 is 0 Å². The standard InChI is InChI=1S/C15H29N3/c1-6-7-8-14(16-12(2)3)11-15-9-10-18(17-15)13(4)5/h9-10,12-14,16H,6-8,11H2,1-5H3. The lowest BCUT2D eigenvalue weighted by Gasteiger charge is -2.20. The lowest BCUT2D eigenvalue weighted by molar-refractivity contribution is 0.418. The molecule has 1 atom stereocenters. The molecule has 0 aliphatic rings. The molecule has 1 N–H and O–H groups in total. The zero-order valence-corrected chi connectivity index (χ0v) is 12.6. The van der Waals surface area contributed by atoms with Gasteiger partial charge in [0.25, 0.3) is 0 Å². The van der Waals surface area contributed by atoms with E-state index in [4.69, 9.17) is 0 Å². The Hall–Kier alpha value is -0.830. The van der Waals surface area contributed by atoms with Gasteiger partial charge in [0.1, 0.15) is 0 Å². The van der Waals surface area contributed by atoms with Crippen LogP contribution in [0.2, 0.25) is 0 Å². The molecule has 0 aliphatic carbocycles. The molecule has 0 spiro atoms. The van der Waals surface area contributed by atoms with Gasteiger partial charge in [0, 0.05) is 30.7 Å². The van der Waals surface area contributed by atoms with Crippen LogP contribution in [0.15, 0.2) is 12.3 Å². The normalized spacial score (nSPS) is 13.5. The first-order chi connectivity index (χ1) is 8.52. The third-order valence-electron chi connectivity index (χ3n) is 3.12. The van der Waals surface area contributed by atoms with E-state index in [9.17, 15) is 0 Å². The van der Waals surface area contributed by atoms with Gasteiger partial charge in [0.15, 0.2) is 0 Å². The highest BCUT2D eigenvalue weighted by molar-refractivity contribution is 5.02. The van der Waals surface area contributed by atoms with Crippen LogP contribution >= 0.6 is 0 Å². The Morgan fingerprint density at radius 1 is 1.28 bits per heavy atom. The highest BCUT2D eigenvalue weighted by atomic mass is 15.3. The fraction of sp³-hybridized carbons (Fsp3) is 0.800. The van der Waals surface area contributed by atoms with E-state index in [0.29, 0.717) is 18.1 Å². The quantitative estimate of drug-likeness (QED) is 0.765. The third-order valence-corrected chi connectivity index (χ3v) is 3.12. The van der Waals surface area contributed by atoms with Crippen LogP contribution in [0.25, 0.3) is 0 Å². The predicted octanol–water partition coefficient (Wildman–Crippen LogP) is 3.56. The third kappa shape index (κ3) is 5.21. The van der Waals surface area contributed by atoms with Crippen molar-refractivity contribution in [2.45, 2.75) is 78.4 Å². The average molecular weight is 251 g/mol. The van der Waals surface area contributed by atoms with E-state index < -0.39 is 0 Å². The van der Waals surface area contributed by atoms with E-state index >= 15 is 0 Å². The van der Waals surface area contributed by atoms with E-state index in [0.717, 1.165) is 6.42 Å². The number of rotatable bonds is 8. The first kappa shape index (κ1) is 15.2. The lowest BCUT2D eigenvalue weighted by atomic mass is 10.0. The Morgan fingerprint density at radius 3 is 2.50 bits per heavy atom. The summed E-state index contributed by atoms with van der Waals surface area (Å²) in [6.07, 6.45) is 6.92. The van der Waals surface area contributed by atoms with E-state index in [2.05, 4.69) is 57.3 Å².